The van der Waals surface area contributed by atoms with E-state index in [1.165, 1.54) is 0 Å². The zero-order chi connectivity index (χ0) is 14.1. The summed E-state index contributed by atoms with van der Waals surface area (Å²) in [6, 6.07) is 10.1. The third-order valence-electron chi connectivity index (χ3n) is 3.71. The molecule has 0 saturated heterocycles. The van der Waals surface area contributed by atoms with E-state index in [2.05, 4.69) is 6.92 Å². The Kier molecular flexibility index (Phi) is 3.81. The molecule has 20 heavy (non-hydrogen) atoms. The molecule has 0 spiro atoms. The van der Waals surface area contributed by atoms with Crippen LogP contribution in [-0.4, -0.2) is 16.8 Å². The van der Waals surface area contributed by atoms with Crippen molar-refractivity contribution >= 4 is 28.8 Å². The van der Waals surface area contributed by atoms with E-state index < -0.39 is 0 Å². The smallest absolute Gasteiger partial charge is 0.255 e. The minimum atomic E-state index is 0.0761. The number of benzene rings is 1. The zero-order valence-corrected chi connectivity index (χ0v) is 12.8. The van der Waals surface area contributed by atoms with Gasteiger partial charge in [-0.15, -0.1) is 0 Å². The van der Waals surface area contributed by atoms with Gasteiger partial charge in [0.15, 0.2) is 0 Å². The summed E-state index contributed by atoms with van der Waals surface area (Å²) in [7, 11) is 0. The molecule has 1 aliphatic rings. The van der Waals surface area contributed by atoms with Crippen molar-refractivity contribution in [1.82, 2.24) is 4.90 Å². The quantitative estimate of drug-likeness (QED) is 0.797. The van der Waals surface area contributed by atoms with E-state index in [-0.39, 0.29) is 11.9 Å². The Hall–Kier alpha value is -1.32. The minimum absolute atomic E-state index is 0.0761. The molecule has 1 aromatic carbocycles. The van der Waals surface area contributed by atoms with Crippen LogP contribution in [0.2, 0.25) is 5.02 Å². The second-order valence-corrected chi connectivity index (χ2v) is 6.40. The van der Waals surface area contributed by atoms with Gasteiger partial charge >= 0.3 is 0 Å². The van der Waals surface area contributed by atoms with Crippen LogP contribution >= 0.6 is 22.9 Å². The maximum atomic E-state index is 12.7. The first kappa shape index (κ1) is 13.7. The van der Waals surface area contributed by atoms with Gasteiger partial charge in [-0.3, -0.25) is 4.79 Å². The molecule has 1 aliphatic carbocycles. The number of thiophene rings is 1. The molecule has 3 rings (SSSR count). The van der Waals surface area contributed by atoms with Gasteiger partial charge in [-0.2, -0.15) is 11.3 Å². The van der Waals surface area contributed by atoms with Crippen LogP contribution in [0.4, 0.5) is 0 Å². The first-order valence-corrected chi connectivity index (χ1v) is 8.09. The molecule has 104 valence electrons. The van der Waals surface area contributed by atoms with Crippen molar-refractivity contribution in [3.8, 4) is 0 Å². The van der Waals surface area contributed by atoms with Gasteiger partial charge in [0.1, 0.15) is 0 Å². The summed E-state index contributed by atoms with van der Waals surface area (Å²) in [5.41, 5.74) is 1.92. The van der Waals surface area contributed by atoms with Crippen molar-refractivity contribution in [2.45, 2.75) is 31.8 Å². The SMILES string of the molecule is CC(c1ccc(Cl)cc1)N(C(=O)c1ccsc1)C1CC1. The Morgan fingerprint density at radius 3 is 2.55 bits per heavy atom. The van der Waals surface area contributed by atoms with E-state index in [0.29, 0.717) is 6.04 Å². The first-order chi connectivity index (χ1) is 9.66. The standard InChI is InChI=1S/C16H16ClNOS/c1-11(12-2-4-14(17)5-3-12)18(15-6-7-15)16(19)13-8-9-20-10-13/h2-5,8-11,15H,6-7H2,1H3. The molecule has 2 aromatic rings. The monoisotopic (exact) mass is 305 g/mol. The second-order valence-electron chi connectivity index (χ2n) is 5.18. The maximum Gasteiger partial charge on any atom is 0.255 e. The molecule has 1 aromatic heterocycles. The van der Waals surface area contributed by atoms with Gasteiger partial charge in [0.05, 0.1) is 11.6 Å². The summed E-state index contributed by atoms with van der Waals surface area (Å²) in [4.78, 5) is 14.7. The van der Waals surface area contributed by atoms with Crippen LogP contribution in [0.3, 0.4) is 0 Å². The zero-order valence-electron chi connectivity index (χ0n) is 11.3. The van der Waals surface area contributed by atoms with Crippen LogP contribution in [0.1, 0.15) is 41.7 Å². The lowest BCUT2D eigenvalue weighted by Crippen LogP contribution is -2.35. The number of hydrogen-bond acceptors (Lipinski definition) is 2. The van der Waals surface area contributed by atoms with Gasteiger partial charge in [0, 0.05) is 16.4 Å². The largest absolute Gasteiger partial charge is 0.329 e. The molecule has 0 N–H and O–H groups in total. The van der Waals surface area contributed by atoms with Crippen molar-refractivity contribution in [1.29, 1.82) is 0 Å². The highest BCUT2D eigenvalue weighted by Gasteiger charge is 2.36. The minimum Gasteiger partial charge on any atom is -0.329 e. The van der Waals surface area contributed by atoms with Gasteiger partial charge in [-0.1, -0.05) is 23.7 Å². The molecule has 1 unspecified atom stereocenters. The van der Waals surface area contributed by atoms with Crippen molar-refractivity contribution in [3.05, 3.63) is 57.2 Å². The Balaban J connectivity index is 1.87. The lowest BCUT2D eigenvalue weighted by Gasteiger charge is -2.29. The number of halogens is 1. The maximum absolute atomic E-state index is 12.7. The number of rotatable bonds is 4. The van der Waals surface area contributed by atoms with Crippen LogP contribution in [-0.2, 0) is 0 Å². The summed E-state index contributed by atoms with van der Waals surface area (Å²) < 4.78 is 0. The normalized spacial score (nSPS) is 15.9. The fourth-order valence-corrected chi connectivity index (χ4v) is 3.20. The molecule has 1 fully saturated rings. The van der Waals surface area contributed by atoms with Crippen LogP contribution in [0.15, 0.2) is 41.1 Å². The van der Waals surface area contributed by atoms with Crippen molar-refractivity contribution in [2.75, 3.05) is 0 Å². The predicted octanol–water partition coefficient (Wildman–Crippen LogP) is 4.77. The molecule has 1 heterocycles. The Morgan fingerprint density at radius 1 is 1.30 bits per heavy atom. The molecule has 1 atom stereocenters. The Labute approximate surface area is 128 Å². The Bertz CT molecular complexity index is 589. The number of amides is 1. The summed E-state index contributed by atoms with van der Waals surface area (Å²) >= 11 is 7.50. The number of hydrogen-bond donors (Lipinski definition) is 0. The molecule has 0 aliphatic heterocycles. The fraction of sp³-hybridized carbons (Fsp3) is 0.312. The highest BCUT2D eigenvalue weighted by Crippen LogP contribution is 2.36. The van der Waals surface area contributed by atoms with Crippen molar-refractivity contribution < 1.29 is 4.79 Å². The van der Waals surface area contributed by atoms with E-state index in [0.717, 1.165) is 29.0 Å². The third kappa shape index (κ3) is 2.74. The third-order valence-corrected chi connectivity index (χ3v) is 4.65. The van der Waals surface area contributed by atoms with Gasteiger partial charge in [-0.05, 0) is 48.9 Å². The van der Waals surface area contributed by atoms with Gasteiger partial charge in [0.25, 0.3) is 5.91 Å². The second kappa shape index (κ2) is 5.58. The highest BCUT2D eigenvalue weighted by molar-refractivity contribution is 7.08. The van der Waals surface area contributed by atoms with E-state index in [4.69, 9.17) is 11.6 Å². The molecule has 1 saturated carbocycles. The van der Waals surface area contributed by atoms with Gasteiger partial charge in [-0.25, -0.2) is 0 Å². The number of nitrogens with zero attached hydrogens (tertiary/aromatic N) is 1. The van der Waals surface area contributed by atoms with Crippen molar-refractivity contribution in [2.24, 2.45) is 0 Å². The van der Waals surface area contributed by atoms with Crippen LogP contribution in [0.25, 0.3) is 0 Å². The van der Waals surface area contributed by atoms with Crippen LogP contribution in [0.5, 0.6) is 0 Å². The van der Waals surface area contributed by atoms with Crippen LogP contribution < -0.4 is 0 Å². The highest BCUT2D eigenvalue weighted by atomic mass is 35.5. The molecule has 0 radical (unpaired) electrons. The Morgan fingerprint density at radius 2 is 2.00 bits per heavy atom. The summed E-state index contributed by atoms with van der Waals surface area (Å²) in [6.07, 6.45) is 2.21. The summed E-state index contributed by atoms with van der Waals surface area (Å²) in [5, 5.41) is 4.60. The lowest BCUT2D eigenvalue weighted by molar-refractivity contribution is 0.0674. The van der Waals surface area contributed by atoms with E-state index in [1.807, 2.05) is 46.0 Å². The number of carbonyl (C=O) groups is 1. The van der Waals surface area contributed by atoms with Crippen molar-refractivity contribution in [3.63, 3.8) is 0 Å². The molecule has 0 bridgehead atoms. The van der Waals surface area contributed by atoms with Gasteiger partial charge < -0.3 is 4.90 Å². The first-order valence-electron chi connectivity index (χ1n) is 6.77. The van der Waals surface area contributed by atoms with Crippen LogP contribution in [0, 0.1) is 0 Å². The summed E-state index contributed by atoms with van der Waals surface area (Å²) in [6.45, 7) is 2.09. The number of carbonyl (C=O) groups excluding carboxylic acids is 1. The molecule has 1 amide bonds. The lowest BCUT2D eigenvalue weighted by atomic mass is 10.1. The van der Waals surface area contributed by atoms with Gasteiger partial charge in [0.2, 0.25) is 0 Å². The topological polar surface area (TPSA) is 20.3 Å². The fourth-order valence-electron chi connectivity index (χ4n) is 2.45. The van der Waals surface area contributed by atoms with E-state index in [9.17, 15) is 4.79 Å². The van der Waals surface area contributed by atoms with E-state index in [1.54, 1.807) is 11.3 Å². The average Bonchev–Trinajstić information content (AvgIpc) is 3.12. The molecule has 4 heteroatoms. The molecular weight excluding hydrogens is 290 g/mol. The average molecular weight is 306 g/mol. The predicted molar refractivity (Wildman–Crippen MR) is 83.4 cm³/mol. The molecule has 2 nitrogen and oxygen atoms in total. The summed E-state index contributed by atoms with van der Waals surface area (Å²) in [5.74, 6) is 0.135. The molecular formula is C16H16ClNOS. The van der Waals surface area contributed by atoms with E-state index >= 15 is 0 Å².